The van der Waals surface area contributed by atoms with Crippen molar-refractivity contribution in [1.29, 1.82) is 0 Å². The second kappa shape index (κ2) is 10.3. The van der Waals surface area contributed by atoms with Crippen LogP contribution in [-0.2, 0) is 12.8 Å². The lowest BCUT2D eigenvalue weighted by Crippen LogP contribution is -2.14. The van der Waals surface area contributed by atoms with Gasteiger partial charge in [-0.15, -0.1) is 0 Å². The maximum Gasteiger partial charge on any atom is 0.0537 e. The second-order valence-electron chi connectivity index (χ2n) is 12.4. The molecule has 0 saturated heterocycles. The lowest BCUT2D eigenvalue weighted by atomic mass is 9.81. The molecule has 0 fully saturated rings. The molecule has 9 rings (SSSR count). The number of benzene rings is 4. The fourth-order valence-corrected chi connectivity index (χ4v) is 7.86. The Morgan fingerprint density at radius 1 is 0.614 bits per heavy atom. The number of aromatic nitrogens is 2. The van der Waals surface area contributed by atoms with Gasteiger partial charge in [-0.1, -0.05) is 103 Å². The first kappa shape index (κ1) is 25.4. The van der Waals surface area contributed by atoms with E-state index in [0.29, 0.717) is 11.8 Å². The molecule has 2 heteroatoms. The van der Waals surface area contributed by atoms with Crippen LogP contribution in [0.15, 0.2) is 139 Å². The van der Waals surface area contributed by atoms with E-state index in [9.17, 15) is 0 Å². The van der Waals surface area contributed by atoms with Crippen molar-refractivity contribution in [3.63, 3.8) is 0 Å². The molecule has 212 valence electrons. The highest BCUT2D eigenvalue weighted by Gasteiger charge is 2.28. The summed E-state index contributed by atoms with van der Waals surface area (Å²) in [6.45, 7) is 0. The number of allylic oxidation sites excluding steroid dienone is 6. The Morgan fingerprint density at radius 3 is 2.16 bits per heavy atom. The minimum atomic E-state index is 0.399. The van der Waals surface area contributed by atoms with E-state index in [1.165, 1.54) is 61.3 Å². The summed E-state index contributed by atoms with van der Waals surface area (Å²) in [5.74, 6) is 0.837. The molecule has 2 aromatic heterocycles. The van der Waals surface area contributed by atoms with Crippen molar-refractivity contribution in [1.82, 2.24) is 9.13 Å². The van der Waals surface area contributed by atoms with Gasteiger partial charge in [-0.2, -0.15) is 0 Å². The summed E-state index contributed by atoms with van der Waals surface area (Å²) in [5, 5.41) is 2.75. The Bertz CT molecular complexity index is 2170. The molecule has 44 heavy (non-hydrogen) atoms. The van der Waals surface area contributed by atoms with Crippen molar-refractivity contribution < 1.29 is 0 Å². The first-order valence-electron chi connectivity index (χ1n) is 16.0. The van der Waals surface area contributed by atoms with Gasteiger partial charge in [0.25, 0.3) is 0 Å². The number of para-hydroxylation sites is 3. The molecule has 0 saturated carbocycles. The minimum absolute atomic E-state index is 0.399. The van der Waals surface area contributed by atoms with Gasteiger partial charge in [0, 0.05) is 50.9 Å². The minimum Gasteiger partial charge on any atom is -0.313 e. The summed E-state index contributed by atoms with van der Waals surface area (Å²) in [4.78, 5) is 0. The van der Waals surface area contributed by atoms with Gasteiger partial charge in [-0.05, 0) is 85.4 Å². The van der Waals surface area contributed by atoms with Crippen LogP contribution in [0.25, 0.3) is 45.3 Å². The van der Waals surface area contributed by atoms with E-state index in [1.807, 2.05) is 0 Å². The van der Waals surface area contributed by atoms with Gasteiger partial charge in [0.15, 0.2) is 0 Å². The van der Waals surface area contributed by atoms with Gasteiger partial charge in [0.05, 0.1) is 11.0 Å². The highest BCUT2D eigenvalue weighted by molar-refractivity contribution is 5.95. The monoisotopic (exact) mass is 566 g/mol. The van der Waals surface area contributed by atoms with Gasteiger partial charge in [0.2, 0.25) is 0 Å². The van der Waals surface area contributed by atoms with Crippen molar-refractivity contribution in [3.05, 3.63) is 167 Å². The smallest absolute Gasteiger partial charge is 0.0537 e. The SMILES string of the molecule is C1=CCC(c2ccc3c(c2)c2c(n3-c3ccccc3)CCC(C3C=Cc4c(c5ccccc5n4-c4ccccc4)C3)=C2)C=C1. The first-order chi connectivity index (χ1) is 21.8. The van der Waals surface area contributed by atoms with Gasteiger partial charge < -0.3 is 9.13 Å². The molecule has 2 atom stereocenters. The number of hydrogen-bond donors (Lipinski definition) is 0. The van der Waals surface area contributed by atoms with E-state index in [4.69, 9.17) is 0 Å². The Kier molecular flexibility index (Phi) is 5.94. The van der Waals surface area contributed by atoms with Crippen molar-refractivity contribution in [3.8, 4) is 11.4 Å². The molecule has 2 nitrogen and oxygen atoms in total. The predicted molar refractivity (Wildman–Crippen MR) is 185 cm³/mol. The van der Waals surface area contributed by atoms with Crippen LogP contribution in [0, 0.1) is 5.92 Å². The zero-order chi connectivity index (χ0) is 29.0. The van der Waals surface area contributed by atoms with Gasteiger partial charge in [-0.3, -0.25) is 0 Å². The normalized spacial score (nSPS) is 18.9. The number of fused-ring (bicyclic) bond motifs is 6. The molecule has 2 unspecified atom stereocenters. The van der Waals surface area contributed by atoms with Crippen molar-refractivity contribution in [2.45, 2.75) is 31.6 Å². The molecule has 0 amide bonds. The molecule has 0 N–H and O–H groups in total. The van der Waals surface area contributed by atoms with E-state index in [0.717, 1.165) is 25.7 Å². The summed E-state index contributed by atoms with van der Waals surface area (Å²) in [5.41, 5.74) is 13.7. The highest BCUT2D eigenvalue weighted by Crippen LogP contribution is 2.43. The third-order valence-corrected chi connectivity index (χ3v) is 9.96. The average Bonchev–Trinajstić information content (AvgIpc) is 3.61. The summed E-state index contributed by atoms with van der Waals surface area (Å²) in [7, 11) is 0. The van der Waals surface area contributed by atoms with E-state index >= 15 is 0 Å². The first-order valence-corrected chi connectivity index (χ1v) is 16.0. The predicted octanol–water partition coefficient (Wildman–Crippen LogP) is 10.4. The Balaban J connectivity index is 1.17. The fourth-order valence-electron chi connectivity index (χ4n) is 7.86. The van der Waals surface area contributed by atoms with Crippen LogP contribution in [0.1, 0.15) is 46.8 Å². The van der Waals surface area contributed by atoms with Gasteiger partial charge in [0.1, 0.15) is 0 Å². The van der Waals surface area contributed by atoms with Crippen LogP contribution in [0.5, 0.6) is 0 Å². The van der Waals surface area contributed by atoms with E-state index in [1.54, 1.807) is 5.57 Å². The van der Waals surface area contributed by atoms with Gasteiger partial charge in [-0.25, -0.2) is 0 Å². The summed E-state index contributed by atoms with van der Waals surface area (Å²) < 4.78 is 4.95. The molecular weight excluding hydrogens is 532 g/mol. The average molecular weight is 567 g/mol. The number of nitrogens with zero attached hydrogens (tertiary/aromatic N) is 2. The maximum atomic E-state index is 2.55. The zero-order valence-electron chi connectivity index (χ0n) is 24.7. The standard InChI is InChI=1S/C42H34N2/c1-4-12-29(13-5-1)30-20-23-41-37(26-30)38-28-32(22-25-42(38)44(41)34-16-8-3-9-17-34)31-21-24-40-36(27-31)35-18-10-11-19-39(35)43(40)33-14-6-2-7-15-33/h1-12,14-21,23-24,26,28-29,31H,13,22,25,27H2. The summed E-state index contributed by atoms with van der Waals surface area (Å²) in [6.07, 6.45) is 20.6. The van der Waals surface area contributed by atoms with Crippen molar-refractivity contribution in [2.24, 2.45) is 5.92 Å². The third kappa shape index (κ3) is 4.02. The zero-order valence-corrected chi connectivity index (χ0v) is 24.7. The molecule has 3 aliphatic carbocycles. The van der Waals surface area contributed by atoms with Crippen LogP contribution >= 0.6 is 0 Å². The Hall–Kier alpha value is -5.08. The quantitative estimate of drug-likeness (QED) is 0.201. The summed E-state index contributed by atoms with van der Waals surface area (Å²) >= 11 is 0. The molecule has 4 aromatic carbocycles. The topological polar surface area (TPSA) is 9.86 Å². The van der Waals surface area contributed by atoms with Gasteiger partial charge >= 0.3 is 0 Å². The van der Waals surface area contributed by atoms with Crippen LogP contribution in [0.4, 0.5) is 0 Å². The van der Waals surface area contributed by atoms with Crippen molar-refractivity contribution in [2.75, 3.05) is 0 Å². The van der Waals surface area contributed by atoms with E-state index in [-0.39, 0.29) is 0 Å². The lowest BCUT2D eigenvalue weighted by Gasteiger charge is -2.25. The molecular formula is C42H34N2. The molecule has 0 radical (unpaired) electrons. The van der Waals surface area contributed by atoms with Crippen molar-refractivity contribution >= 4 is 34.0 Å². The van der Waals surface area contributed by atoms with Crippen LogP contribution in [0.2, 0.25) is 0 Å². The largest absolute Gasteiger partial charge is 0.313 e. The second-order valence-corrected chi connectivity index (χ2v) is 12.4. The Labute approximate surface area is 258 Å². The highest BCUT2D eigenvalue weighted by atomic mass is 15.0. The fraction of sp³-hybridized carbons (Fsp3) is 0.143. The number of hydrogen-bond acceptors (Lipinski definition) is 0. The molecule has 0 aliphatic heterocycles. The maximum absolute atomic E-state index is 2.55. The van der Waals surface area contributed by atoms with E-state index < -0.39 is 0 Å². The Morgan fingerprint density at radius 2 is 1.36 bits per heavy atom. The molecule has 0 bridgehead atoms. The molecule has 6 aromatic rings. The third-order valence-electron chi connectivity index (χ3n) is 9.96. The number of rotatable bonds is 4. The molecule has 0 spiro atoms. The van der Waals surface area contributed by atoms with Crippen LogP contribution < -0.4 is 0 Å². The van der Waals surface area contributed by atoms with Crippen LogP contribution in [-0.4, -0.2) is 9.13 Å². The van der Waals surface area contributed by atoms with Crippen LogP contribution in [0.3, 0.4) is 0 Å². The molecule has 3 aliphatic rings. The molecule has 2 heterocycles. The summed E-state index contributed by atoms with van der Waals surface area (Å²) in [6, 6.07) is 37.8. The lowest BCUT2D eigenvalue weighted by molar-refractivity contribution is 0.690. The van der Waals surface area contributed by atoms with E-state index in [2.05, 4.69) is 155 Å².